The Morgan fingerprint density at radius 2 is 1.78 bits per heavy atom. The van der Waals surface area contributed by atoms with E-state index in [9.17, 15) is 0 Å². The van der Waals surface area contributed by atoms with E-state index in [0.717, 1.165) is 11.3 Å². The lowest BCUT2D eigenvalue weighted by atomic mass is 10.1. The first kappa shape index (κ1) is 11.2. The molecule has 1 aromatic carbocycles. The van der Waals surface area contributed by atoms with Crippen LogP contribution in [-0.2, 0) is 0 Å². The van der Waals surface area contributed by atoms with Gasteiger partial charge in [-0.05, 0) is 31.0 Å². The largest absolute Gasteiger partial charge is 0.378 e. The van der Waals surface area contributed by atoms with E-state index in [1.807, 2.05) is 14.1 Å². The van der Waals surface area contributed by atoms with Gasteiger partial charge >= 0.3 is 0 Å². The average Bonchev–Trinajstić information content (AvgIpc) is 3.23. The van der Waals surface area contributed by atoms with Gasteiger partial charge in [0.05, 0.1) is 5.69 Å². The van der Waals surface area contributed by atoms with Crippen molar-refractivity contribution in [3.63, 3.8) is 0 Å². The number of benzene rings is 1. The Bertz CT molecular complexity index is 542. The lowest BCUT2D eigenvalue weighted by molar-refractivity contribution is 0.990. The van der Waals surface area contributed by atoms with E-state index in [1.165, 1.54) is 24.2 Å². The Balaban J connectivity index is 1.91. The highest BCUT2D eigenvalue weighted by Gasteiger charge is 2.25. The standard InChI is InChI=1S/C15H17N3/c1-18(2)13-7-5-12(6-8-13)15-9-14(11-3-4-11)16-10-17-15/h5-11H,3-4H2,1-2H3. The molecule has 3 heteroatoms. The molecule has 0 atom stereocenters. The molecule has 1 aromatic heterocycles. The third-order valence-corrected chi connectivity index (χ3v) is 3.36. The highest BCUT2D eigenvalue weighted by atomic mass is 15.1. The molecule has 0 radical (unpaired) electrons. The minimum atomic E-state index is 0.674. The second-order valence-corrected chi connectivity index (χ2v) is 5.04. The van der Waals surface area contributed by atoms with Crippen molar-refractivity contribution in [1.29, 1.82) is 0 Å². The van der Waals surface area contributed by atoms with Crippen LogP contribution >= 0.6 is 0 Å². The molecule has 1 aliphatic rings. The molecule has 18 heavy (non-hydrogen) atoms. The first-order valence-corrected chi connectivity index (χ1v) is 6.34. The molecule has 1 saturated carbocycles. The Morgan fingerprint density at radius 3 is 2.39 bits per heavy atom. The molecule has 92 valence electrons. The van der Waals surface area contributed by atoms with Crippen molar-refractivity contribution in [3.8, 4) is 11.3 Å². The molecule has 0 bridgehead atoms. The van der Waals surface area contributed by atoms with E-state index >= 15 is 0 Å². The van der Waals surface area contributed by atoms with Gasteiger partial charge in [-0.15, -0.1) is 0 Å². The molecule has 1 heterocycles. The summed E-state index contributed by atoms with van der Waals surface area (Å²) in [7, 11) is 4.09. The third kappa shape index (κ3) is 2.21. The molecule has 1 fully saturated rings. The van der Waals surface area contributed by atoms with E-state index in [1.54, 1.807) is 6.33 Å². The van der Waals surface area contributed by atoms with Crippen LogP contribution in [0.25, 0.3) is 11.3 Å². The fourth-order valence-electron chi connectivity index (χ4n) is 2.06. The molecule has 0 amide bonds. The summed E-state index contributed by atoms with van der Waals surface area (Å²) >= 11 is 0. The van der Waals surface area contributed by atoms with Gasteiger partial charge in [0.15, 0.2) is 0 Å². The quantitative estimate of drug-likeness (QED) is 0.824. The van der Waals surface area contributed by atoms with Crippen LogP contribution in [0.4, 0.5) is 5.69 Å². The van der Waals surface area contributed by atoms with E-state index in [4.69, 9.17) is 0 Å². The van der Waals surface area contributed by atoms with Crippen molar-refractivity contribution < 1.29 is 0 Å². The Labute approximate surface area is 108 Å². The van der Waals surface area contributed by atoms with Crippen LogP contribution in [0.5, 0.6) is 0 Å². The number of anilines is 1. The fraction of sp³-hybridized carbons (Fsp3) is 0.333. The van der Waals surface area contributed by atoms with E-state index in [0.29, 0.717) is 5.92 Å². The van der Waals surface area contributed by atoms with Crippen LogP contribution in [0, 0.1) is 0 Å². The topological polar surface area (TPSA) is 29.0 Å². The predicted octanol–water partition coefficient (Wildman–Crippen LogP) is 3.09. The molecule has 3 nitrogen and oxygen atoms in total. The van der Waals surface area contributed by atoms with E-state index < -0.39 is 0 Å². The smallest absolute Gasteiger partial charge is 0.116 e. The molecule has 0 saturated heterocycles. The highest BCUT2D eigenvalue weighted by molar-refractivity contribution is 5.63. The summed E-state index contributed by atoms with van der Waals surface area (Å²) in [5.41, 5.74) is 4.58. The van der Waals surface area contributed by atoms with Crippen LogP contribution in [0.15, 0.2) is 36.7 Å². The monoisotopic (exact) mass is 239 g/mol. The van der Waals surface area contributed by atoms with Gasteiger partial charge in [-0.25, -0.2) is 9.97 Å². The Hall–Kier alpha value is -1.90. The molecular weight excluding hydrogens is 222 g/mol. The van der Waals surface area contributed by atoms with Gasteiger partial charge in [0.1, 0.15) is 6.33 Å². The SMILES string of the molecule is CN(C)c1ccc(-c2cc(C3CC3)ncn2)cc1. The number of nitrogens with zero attached hydrogens (tertiary/aromatic N) is 3. The second kappa shape index (κ2) is 4.41. The zero-order chi connectivity index (χ0) is 12.5. The second-order valence-electron chi connectivity index (χ2n) is 5.04. The third-order valence-electron chi connectivity index (χ3n) is 3.36. The number of rotatable bonds is 3. The first-order valence-electron chi connectivity index (χ1n) is 6.34. The van der Waals surface area contributed by atoms with Crippen LogP contribution in [0.1, 0.15) is 24.5 Å². The van der Waals surface area contributed by atoms with E-state index in [2.05, 4.69) is 45.2 Å². The summed E-state index contributed by atoms with van der Waals surface area (Å²) in [5.74, 6) is 0.674. The van der Waals surface area contributed by atoms with Gasteiger partial charge in [-0.2, -0.15) is 0 Å². The summed E-state index contributed by atoms with van der Waals surface area (Å²) in [6, 6.07) is 10.6. The van der Waals surface area contributed by atoms with E-state index in [-0.39, 0.29) is 0 Å². The maximum Gasteiger partial charge on any atom is 0.116 e. The van der Waals surface area contributed by atoms with Crippen molar-refractivity contribution in [2.45, 2.75) is 18.8 Å². The number of aromatic nitrogens is 2. The van der Waals surface area contributed by atoms with Crippen molar-refractivity contribution in [2.24, 2.45) is 0 Å². The van der Waals surface area contributed by atoms with Crippen molar-refractivity contribution >= 4 is 5.69 Å². The fourth-order valence-corrected chi connectivity index (χ4v) is 2.06. The van der Waals surface area contributed by atoms with Crippen molar-refractivity contribution in [3.05, 3.63) is 42.4 Å². The minimum Gasteiger partial charge on any atom is -0.378 e. The molecule has 3 rings (SSSR count). The van der Waals surface area contributed by atoms with Crippen molar-refractivity contribution in [2.75, 3.05) is 19.0 Å². The van der Waals surface area contributed by atoms with Crippen LogP contribution in [0.3, 0.4) is 0 Å². The van der Waals surface area contributed by atoms with Gasteiger partial charge < -0.3 is 4.90 Å². The highest BCUT2D eigenvalue weighted by Crippen LogP contribution is 2.39. The van der Waals surface area contributed by atoms with Gasteiger partial charge in [0.25, 0.3) is 0 Å². The lowest BCUT2D eigenvalue weighted by Gasteiger charge is -2.12. The zero-order valence-electron chi connectivity index (χ0n) is 10.8. The first-order chi connectivity index (χ1) is 8.74. The molecule has 0 aliphatic heterocycles. The van der Waals surface area contributed by atoms with Gasteiger partial charge in [0, 0.05) is 37.0 Å². The Kier molecular flexibility index (Phi) is 2.74. The summed E-state index contributed by atoms with van der Waals surface area (Å²) < 4.78 is 0. The number of hydrogen-bond acceptors (Lipinski definition) is 3. The van der Waals surface area contributed by atoms with Crippen LogP contribution in [0.2, 0.25) is 0 Å². The summed E-state index contributed by atoms with van der Waals surface area (Å²) in [5, 5.41) is 0. The maximum absolute atomic E-state index is 4.37. The average molecular weight is 239 g/mol. The molecule has 0 spiro atoms. The normalized spacial score (nSPS) is 14.6. The summed E-state index contributed by atoms with van der Waals surface area (Å²) in [6.45, 7) is 0. The number of hydrogen-bond donors (Lipinski definition) is 0. The Morgan fingerprint density at radius 1 is 1.06 bits per heavy atom. The summed E-state index contributed by atoms with van der Waals surface area (Å²) in [6.07, 6.45) is 4.23. The zero-order valence-corrected chi connectivity index (χ0v) is 10.8. The van der Waals surface area contributed by atoms with Crippen LogP contribution < -0.4 is 4.90 Å². The molecule has 0 unspecified atom stereocenters. The minimum absolute atomic E-state index is 0.674. The van der Waals surface area contributed by atoms with Gasteiger partial charge in [0.2, 0.25) is 0 Å². The summed E-state index contributed by atoms with van der Waals surface area (Å²) in [4.78, 5) is 10.8. The maximum atomic E-state index is 4.37. The molecular formula is C15H17N3. The lowest BCUT2D eigenvalue weighted by Crippen LogP contribution is -2.07. The molecule has 2 aromatic rings. The van der Waals surface area contributed by atoms with Crippen molar-refractivity contribution in [1.82, 2.24) is 9.97 Å². The van der Waals surface area contributed by atoms with Gasteiger partial charge in [-0.1, -0.05) is 12.1 Å². The molecule has 0 N–H and O–H groups in total. The molecule has 1 aliphatic carbocycles. The predicted molar refractivity (Wildman–Crippen MR) is 73.8 cm³/mol. The van der Waals surface area contributed by atoms with Crippen LogP contribution in [-0.4, -0.2) is 24.1 Å². The van der Waals surface area contributed by atoms with Gasteiger partial charge in [-0.3, -0.25) is 0 Å².